The van der Waals surface area contributed by atoms with E-state index in [2.05, 4.69) is 28.9 Å². The van der Waals surface area contributed by atoms with Crippen molar-refractivity contribution in [2.75, 3.05) is 13.1 Å². The van der Waals surface area contributed by atoms with Gasteiger partial charge in [-0.05, 0) is 36.6 Å². The number of rotatable bonds is 3. The Labute approximate surface area is 181 Å². The van der Waals surface area contributed by atoms with Crippen LogP contribution in [0.5, 0.6) is 11.5 Å². The van der Waals surface area contributed by atoms with Crippen molar-refractivity contribution in [3.8, 4) is 11.5 Å². The van der Waals surface area contributed by atoms with Gasteiger partial charge < -0.3 is 14.0 Å². The van der Waals surface area contributed by atoms with E-state index in [1.54, 1.807) is 24.4 Å². The van der Waals surface area contributed by atoms with E-state index in [-0.39, 0.29) is 23.0 Å². The summed E-state index contributed by atoms with van der Waals surface area (Å²) < 4.78 is 37.8. The molecule has 0 amide bonds. The highest BCUT2D eigenvalue weighted by molar-refractivity contribution is 6.00. The van der Waals surface area contributed by atoms with E-state index in [1.807, 2.05) is 18.5 Å². The fraction of sp³-hybridized carbons (Fsp3) is 0.304. The first kappa shape index (κ1) is 19.2. The molecule has 5 heterocycles. The lowest BCUT2D eigenvalue weighted by molar-refractivity contribution is -0.345. The molecule has 7 nitrogen and oxygen atoms in total. The van der Waals surface area contributed by atoms with Crippen molar-refractivity contribution in [3.05, 3.63) is 64.7 Å². The van der Waals surface area contributed by atoms with Gasteiger partial charge in [0.15, 0.2) is 16.9 Å². The molecule has 1 aromatic carbocycles. The Morgan fingerprint density at radius 2 is 1.91 bits per heavy atom. The number of alkyl halides is 2. The molecule has 9 heteroatoms. The third-order valence-corrected chi connectivity index (χ3v) is 6.35. The number of hydrogen-bond donors (Lipinski definition) is 1. The van der Waals surface area contributed by atoms with Gasteiger partial charge in [0.25, 0.3) is 5.65 Å². The van der Waals surface area contributed by atoms with E-state index in [1.165, 1.54) is 6.07 Å². The molecule has 0 aliphatic carbocycles. The highest BCUT2D eigenvalue weighted by atomic mass is 19.3. The van der Waals surface area contributed by atoms with Gasteiger partial charge in [-0.2, -0.15) is 0 Å². The van der Waals surface area contributed by atoms with E-state index in [4.69, 9.17) is 0 Å². The fourth-order valence-electron chi connectivity index (χ4n) is 4.83. The van der Waals surface area contributed by atoms with Gasteiger partial charge in [-0.1, -0.05) is 6.07 Å². The first-order valence-electron chi connectivity index (χ1n) is 10.6. The normalized spacial score (nSPS) is 18.6. The monoisotopic (exact) mass is 439 g/mol. The number of aromatic nitrogens is 3. The summed E-state index contributed by atoms with van der Waals surface area (Å²) >= 11 is 0. The zero-order valence-corrected chi connectivity index (χ0v) is 17.1. The zero-order chi connectivity index (χ0) is 21.9. The van der Waals surface area contributed by atoms with Gasteiger partial charge in [0, 0.05) is 37.9 Å². The number of pyridine rings is 2. The SMILES string of the molecule is O=c1ccn(C2CCN(Cc3ccc4c(c3)OC(F)(F)O4)CC2)c2c1c[nH+]c1[nH]ccc12. The molecule has 4 aromatic rings. The highest BCUT2D eigenvalue weighted by Crippen LogP contribution is 2.41. The average molecular weight is 439 g/mol. The number of hydrogen-bond acceptors (Lipinski definition) is 4. The van der Waals surface area contributed by atoms with Gasteiger partial charge in [-0.25, -0.2) is 9.97 Å². The number of halogens is 2. The lowest BCUT2D eigenvalue weighted by atomic mass is 10.0. The van der Waals surface area contributed by atoms with Crippen LogP contribution in [0, 0.1) is 0 Å². The summed E-state index contributed by atoms with van der Waals surface area (Å²) in [6.45, 7) is 2.37. The lowest BCUT2D eigenvalue weighted by Gasteiger charge is -2.34. The van der Waals surface area contributed by atoms with Gasteiger partial charge in [0.2, 0.25) is 0 Å². The summed E-state index contributed by atoms with van der Waals surface area (Å²) in [5.41, 5.74) is 2.74. The molecule has 3 aromatic heterocycles. The van der Waals surface area contributed by atoms with Crippen LogP contribution in [0.25, 0.3) is 21.9 Å². The molecule has 0 unspecified atom stereocenters. The van der Waals surface area contributed by atoms with E-state index in [9.17, 15) is 13.6 Å². The van der Waals surface area contributed by atoms with Crippen molar-refractivity contribution in [1.29, 1.82) is 0 Å². The molecular weight excluding hydrogens is 418 g/mol. The summed E-state index contributed by atoms with van der Waals surface area (Å²) in [5, 5.41) is 1.68. The van der Waals surface area contributed by atoms with Crippen molar-refractivity contribution in [2.24, 2.45) is 0 Å². The number of ether oxygens (including phenoxy) is 2. The van der Waals surface area contributed by atoms with E-state index in [0.29, 0.717) is 11.9 Å². The summed E-state index contributed by atoms with van der Waals surface area (Å²) in [6.07, 6.45) is 3.78. The summed E-state index contributed by atoms with van der Waals surface area (Å²) in [6, 6.07) is 8.83. The maximum atomic E-state index is 13.3. The Morgan fingerprint density at radius 3 is 2.75 bits per heavy atom. The molecule has 6 rings (SSSR count). The summed E-state index contributed by atoms with van der Waals surface area (Å²) in [5.74, 6) is 0.144. The summed E-state index contributed by atoms with van der Waals surface area (Å²) in [7, 11) is 0. The average Bonchev–Trinajstić information content (AvgIpc) is 3.37. The second kappa shape index (κ2) is 7.03. The quantitative estimate of drug-likeness (QED) is 0.531. The van der Waals surface area contributed by atoms with Crippen molar-refractivity contribution < 1.29 is 23.2 Å². The van der Waals surface area contributed by atoms with Crippen molar-refractivity contribution >= 4 is 21.9 Å². The number of piperidine rings is 1. The predicted octanol–water partition coefficient (Wildman–Crippen LogP) is 3.46. The van der Waals surface area contributed by atoms with Gasteiger partial charge in [0.05, 0.1) is 22.5 Å². The molecule has 1 fully saturated rings. The number of likely N-dealkylation sites (tertiary alicyclic amines) is 1. The minimum Gasteiger partial charge on any atom is -0.395 e. The van der Waals surface area contributed by atoms with Crippen LogP contribution >= 0.6 is 0 Å². The van der Waals surface area contributed by atoms with Gasteiger partial charge in [-0.3, -0.25) is 9.69 Å². The Hall–Kier alpha value is -3.46. The molecule has 2 aliphatic rings. The number of aromatic amines is 2. The molecule has 0 saturated carbocycles. The molecule has 2 aliphatic heterocycles. The van der Waals surface area contributed by atoms with E-state index < -0.39 is 6.29 Å². The molecule has 1 saturated heterocycles. The molecular formula is C23H21F2N4O3+. The van der Waals surface area contributed by atoms with Gasteiger partial charge in [-0.15, -0.1) is 8.78 Å². The number of nitrogens with one attached hydrogen (secondary N) is 2. The first-order valence-corrected chi connectivity index (χ1v) is 10.6. The second-order valence-corrected chi connectivity index (χ2v) is 8.36. The molecule has 0 bridgehead atoms. The van der Waals surface area contributed by atoms with Crippen molar-refractivity contribution in [2.45, 2.75) is 31.7 Å². The molecule has 0 atom stereocenters. The highest BCUT2D eigenvalue weighted by Gasteiger charge is 2.43. The van der Waals surface area contributed by atoms with E-state index >= 15 is 0 Å². The number of nitrogens with zero attached hydrogens (tertiary/aromatic N) is 2. The molecule has 164 valence electrons. The topological polar surface area (TPSA) is 73.6 Å². The zero-order valence-electron chi connectivity index (χ0n) is 17.1. The molecule has 0 spiro atoms. The fourth-order valence-corrected chi connectivity index (χ4v) is 4.83. The Bertz CT molecular complexity index is 1390. The van der Waals surface area contributed by atoms with Crippen molar-refractivity contribution in [1.82, 2.24) is 14.5 Å². The van der Waals surface area contributed by atoms with Gasteiger partial charge in [0.1, 0.15) is 6.20 Å². The standard InChI is InChI=1S/C23H20F2N4O3/c24-23(25)31-19-2-1-14(11-20(19)32-23)13-28-8-4-15(5-9-28)29-10-6-18(30)17-12-27-22-16(21(17)29)3-7-26-22/h1-3,6-7,10-12,15H,4-5,8-9,13H2,(H,26,27)/p+1. The lowest BCUT2D eigenvalue weighted by Crippen LogP contribution is -2.34. The minimum absolute atomic E-state index is 0.00132. The predicted molar refractivity (Wildman–Crippen MR) is 113 cm³/mol. The maximum absolute atomic E-state index is 13.3. The number of H-pyrrole nitrogens is 2. The Balaban J connectivity index is 1.21. The molecule has 0 radical (unpaired) electrons. The smallest absolute Gasteiger partial charge is 0.395 e. The van der Waals surface area contributed by atoms with Gasteiger partial charge >= 0.3 is 6.29 Å². The minimum atomic E-state index is -3.60. The van der Waals surface area contributed by atoms with Crippen LogP contribution in [-0.4, -0.2) is 33.8 Å². The van der Waals surface area contributed by atoms with Crippen LogP contribution in [0.4, 0.5) is 8.78 Å². The third-order valence-electron chi connectivity index (χ3n) is 6.35. The van der Waals surface area contributed by atoms with Crippen LogP contribution < -0.4 is 19.9 Å². The molecule has 32 heavy (non-hydrogen) atoms. The van der Waals surface area contributed by atoms with Crippen LogP contribution in [0.2, 0.25) is 0 Å². The first-order chi connectivity index (χ1) is 15.5. The molecule has 2 N–H and O–H groups in total. The van der Waals surface area contributed by atoms with Crippen LogP contribution in [0.3, 0.4) is 0 Å². The van der Waals surface area contributed by atoms with Crippen molar-refractivity contribution in [3.63, 3.8) is 0 Å². The maximum Gasteiger partial charge on any atom is 0.586 e. The Kier molecular flexibility index (Phi) is 4.23. The largest absolute Gasteiger partial charge is 0.586 e. The third kappa shape index (κ3) is 3.20. The van der Waals surface area contributed by atoms with Crippen LogP contribution in [-0.2, 0) is 6.54 Å². The summed E-state index contributed by atoms with van der Waals surface area (Å²) in [4.78, 5) is 21.1. The van der Waals surface area contributed by atoms with Crippen LogP contribution in [0.15, 0.2) is 53.7 Å². The second-order valence-electron chi connectivity index (χ2n) is 8.36. The number of fused-ring (bicyclic) bond motifs is 4. The van der Waals surface area contributed by atoms with E-state index in [0.717, 1.165) is 48.0 Å². The number of benzene rings is 1. The van der Waals surface area contributed by atoms with Crippen LogP contribution in [0.1, 0.15) is 24.4 Å². The Morgan fingerprint density at radius 1 is 1.09 bits per heavy atom.